The Kier molecular flexibility index (Phi) is 10.4. The number of hydrogen-bond donors (Lipinski definition) is 5. The number of benzene rings is 2. The Morgan fingerprint density at radius 3 is 2.56 bits per heavy atom. The number of H-pyrrole nitrogens is 1. The molecular formula is C48H61N5O9. The number of carbonyl (C=O) groups excluding carboxylic acids is 3. The van der Waals surface area contributed by atoms with Gasteiger partial charge in [-0.3, -0.25) is 19.4 Å². The molecule has 1 unspecified atom stereocenters. The molecule has 5 N–H and O–H groups in total. The molecule has 3 aromatic rings. The number of aliphatic hydroxyl groups excluding tert-OH is 1. The summed E-state index contributed by atoms with van der Waals surface area (Å²) in [6.45, 7) is 10.4. The summed E-state index contributed by atoms with van der Waals surface area (Å²) in [5.74, 6) is -1.53. The van der Waals surface area contributed by atoms with E-state index in [0.717, 1.165) is 39.5 Å². The second kappa shape index (κ2) is 15.2. The van der Waals surface area contributed by atoms with Crippen LogP contribution in [0.15, 0.2) is 61.2 Å². The first-order chi connectivity index (χ1) is 29.7. The van der Waals surface area contributed by atoms with Gasteiger partial charge in [0, 0.05) is 90.1 Å². The smallest absolute Gasteiger partial charge is 0.330 e. The van der Waals surface area contributed by atoms with Gasteiger partial charge in [0.25, 0.3) is 5.91 Å². The summed E-state index contributed by atoms with van der Waals surface area (Å²) in [5.41, 5.74) is -1.88. The topological polar surface area (TPSA) is 177 Å². The van der Waals surface area contributed by atoms with Crippen LogP contribution in [0.2, 0.25) is 0 Å². The number of piperidine rings is 1. The van der Waals surface area contributed by atoms with E-state index in [2.05, 4.69) is 38.8 Å². The van der Waals surface area contributed by atoms with Gasteiger partial charge in [0.1, 0.15) is 23.9 Å². The molecule has 14 heteroatoms. The zero-order valence-electron chi connectivity index (χ0n) is 36.5. The van der Waals surface area contributed by atoms with Gasteiger partial charge < -0.3 is 44.7 Å². The third-order valence-corrected chi connectivity index (χ3v) is 16.0. The van der Waals surface area contributed by atoms with E-state index in [1.165, 1.54) is 7.11 Å². The number of esters is 2. The van der Waals surface area contributed by atoms with Gasteiger partial charge in [-0.1, -0.05) is 50.8 Å². The van der Waals surface area contributed by atoms with Crippen molar-refractivity contribution in [3.8, 4) is 5.75 Å². The number of aromatic nitrogens is 1. The second-order valence-corrected chi connectivity index (χ2v) is 18.8. The van der Waals surface area contributed by atoms with E-state index in [1.54, 1.807) is 7.11 Å². The molecule has 1 saturated carbocycles. The third kappa shape index (κ3) is 5.75. The SMILES string of the molecule is C=CC(=O)OCCNC(=O)[C@@]1(O)[C@H](O)[C@]2(CC)C=CCN3CC[C@@]4(c5cc([C@@]6(C(=O)OC)C[C@@H]7CN(CCc8c6[nH]c6ccccc86)C[C@](O)(CC)C7)c(OC)cc5N(C)[C@@H]14)[C@@H]32. The number of fused-ring (bicyclic) bond motifs is 6. The van der Waals surface area contributed by atoms with Crippen LogP contribution in [0.4, 0.5) is 5.69 Å². The third-order valence-electron chi connectivity index (χ3n) is 16.0. The maximum Gasteiger partial charge on any atom is 0.330 e. The summed E-state index contributed by atoms with van der Waals surface area (Å²) in [6, 6.07) is 10.8. The highest BCUT2D eigenvalue weighted by Gasteiger charge is 2.78. The summed E-state index contributed by atoms with van der Waals surface area (Å²) in [4.78, 5) is 52.3. The minimum absolute atomic E-state index is 0.0907. The van der Waals surface area contributed by atoms with Crippen molar-refractivity contribution >= 4 is 34.4 Å². The van der Waals surface area contributed by atoms with Crippen molar-refractivity contribution in [3.63, 3.8) is 0 Å². The second-order valence-electron chi connectivity index (χ2n) is 18.8. The number of nitrogens with one attached hydrogen (secondary N) is 2. The van der Waals surface area contributed by atoms with Gasteiger partial charge >= 0.3 is 11.9 Å². The first-order valence-corrected chi connectivity index (χ1v) is 22.2. The van der Waals surface area contributed by atoms with Gasteiger partial charge in [0.05, 0.1) is 32.4 Å². The molecular weight excluding hydrogens is 791 g/mol. The molecule has 2 bridgehead atoms. The van der Waals surface area contributed by atoms with Crippen LogP contribution >= 0.6 is 0 Å². The minimum atomic E-state index is -2.35. The maximum absolute atomic E-state index is 15.4. The lowest BCUT2D eigenvalue weighted by Gasteiger charge is -2.63. The lowest BCUT2D eigenvalue weighted by molar-refractivity contribution is -0.203. The number of methoxy groups -OCH3 is 2. The molecule has 0 radical (unpaired) electrons. The zero-order valence-corrected chi connectivity index (χ0v) is 36.5. The number of anilines is 1. The molecule has 332 valence electrons. The summed E-state index contributed by atoms with van der Waals surface area (Å²) >= 11 is 0. The zero-order chi connectivity index (χ0) is 44.0. The van der Waals surface area contributed by atoms with Crippen molar-refractivity contribution < 1.29 is 43.9 Å². The highest BCUT2D eigenvalue weighted by atomic mass is 16.5. The number of ether oxygens (including phenoxy) is 3. The van der Waals surface area contributed by atoms with Crippen molar-refractivity contribution in [2.45, 2.75) is 92.6 Å². The molecule has 6 aliphatic rings. The van der Waals surface area contributed by atoms with Crippen molar-refractivity contribution in [2.75, 3.05) is 72.0 Å². The predicted octanol–water partition coefficient (Wildman–Crippen LogP) is 3.09. The number of amides is 1. The number of aliphatic hydroxyl groups is 3. The quantitative estimate of drug-likeness (QED) is 0.0874. The fourth-order valence-corrected chi connectivity index (χ4v) is 13.5. The summed E-state index contributed by atoms with van der Waals surface area (Å²) < 4.78 is 17.5. The van der Waals surface area contributed by atoms with Gasteiger partial charge in [-0.25, -0.2) is 4.79 Å². The molecule has 9 rings (SSSR count). The Labute approximate surface area is 362 Å². The van der Waals surface area contributed by atoms with Gasteiger partial charge in [0.15, 0.2) is 5.60 Å². The van der Waals surface area contributed by atoms with Gasteiger partial charge in [-0.05, 0) is 74.2 Å². The Hall–Kier alpha value is -4.73. The van der Waals surface area contributed by atoms with Crippen LogP contribution < -0.4 is 15.0 Å². The van der Waals surface area contributed by atoms with Crippen LogP contribution in [0.1, 0.15) is 68.3 Å². The largest absolute Gasteiger partial charge is 0.496 e. The molecule has 10 atom stereocenters. The van der Waals surface area contributed by atoms with E-state index in [4.69, 9.17) is 14.2 Å². The molecule has 1 aliphatic carbocycles. The van der Waals surface area contributed by atoms with Crippen molar-refractivity contribution in [1.82, 2.24) is 20.1 Å². The molecule has 2 aromatic carbocycles. The predicted molar refractivity (Wildman–Crippen MR) is 233 cm³/mol. The van der Waals surface area contributed by atoms with E-state index < -0.39 is 57.4 Å². The molecule has 6 heterocycles. The van der Waals surface area contributed by atoms with E-state index in [1.807, 2.05) is 62.2 Å². The van der Waals surface area contributed by atoms with E-state index >= 15 is 4.79 Å². The van der Waals surface area contributed by atoms with Crippen LogP contribution in [-0.2, 0) is 41.1 Å². The molecule has 1 aromatic heterocycles. The molecule has 3 fully saturated rings. The van der Waals surface area contributed by atoms with Crippen molar-refractivity contribution in [2.24, 2.45) is 11.3 Å². The standard InChI is InChI=1S/C48H61N5O9/c1-7-37(54)62-22-18-49-42(56)48(59)40-46(17-21-53-19-12-16-45(9-3,39(46)53)41(48)55)32-23-33(36(60-5)24-35(32)51(40)4)47(43(57)61-6)26-29-25-44(58,8-2)28-52(27-29)20-15-31-30-13-10-11-14-34(30)50-38(31)47/h7,10-14,16,23-24,29,39-41,50,55,58-59H,1,8-9,15,17-22,25-28H2,2-6H3,(H,49,56)/t29-,39+,40-,41-,44+,45-,46-,47+,48+/m1/s1. The van der Waals surface area contributed by atoms with E-state index in [0.29, 0.717) is 82.6 Å². The van der Waals surface area contributed by atoms with Gasteiger partial charge in [-0.2, -0.15) is 0 Å². The van der Waals surface area contributed by atoms with Gasteiger partial charge in [-0.15, -0.1) is 0 Å². The normalized spacial score (nSPS) is 35.7. The van der Waals surface area contributed by atoms with E-state index in [9.17, 15) is 24.9 Å². The fourth-order valence-electron chi connectivity index (χ4n) is 13.5. The van der Waals surface area contributed by atoms with Crippen molar-refractivity contribution in [1.29, 1.82) is 0 Å². The molecule has 5 aliphatic heterocycles. The highest BCUT2D eigenvalue weighted by Crippen LogP contribution is 2.67. The number of hydrogen-bond acceptors (Lipinski definition) is 12. The molecule has 62 heavy (non-hydrogen) atoms. The molecule has 1 spiro atoms. The summed E-state index contributed by atoms with van der Waals surface area (Å²) in [6.07, 6.45) is 6.56. The number of carbonyl (C=O) groups is 3. The summed E-state index contributed by atoms with van der Waals surface area (Å²) in [7, 11) is 4.87. The fraction of sp³-hybridized carbons (Fsp3) is 0.562. The monoisotopic (exact) mass is 851 g/mol. The Balaban J connectivity index is 1.29. The number of aromatic amines is 1. The van der Waals surface area contributed by atoms with Crippen LogP contribution in [0.25, 0.3) is 10.9 Å². The average molecular weight is 852 g/mol. The molecule has 1 amide bonds. The maximum atomic E-state index is 15.4. The lowest BCUT2D eigenvalue weighted by Crippen LogP contribution is -2.81. The molecule has 2 saturated heterocycles. The van der Waals surface area contributed by atoms with Gasteiger partial charge in [0.2, 0.25) is 0 Å². The first kappa shape index (κ1) is 42.6. The number of rotatable bonds is 10. The summed E-state index contributed by atoms with van der Waals surface area (Å²) in [5, 5.41) is 41.8. The first-order valence-electron chi connectivity index (χ1n) is 22.2. The lowest BCUT2D eigenvalue weighted by atomic mass is 9.47. The van der Waals surface area contributed by atoms with Crippen molar-refractivity contribution in [3.05, 3.63) is 83.6 Å². The van der Waals surface area contributed by atoms with Crippen LogP contribution in [0, 0.1) is 11.3 Å². The Morgan fingerprint density at radius 1 is 1.05 bits per heavy atom. The Bertz CT molecular complexity index is 2350. The van der Waals surface area contributed by atoms with Crippen LogP contribution in [-0.4, -0.2) is 144 Å². The Morgan fingerprint density at radius 2 is 1.84 bits per heavy atom. The number of nitrogens with zero attached hydrogens (tertiary/aromatic N) is 3. The van der Waals surface area contributed by atoms with Crippen LogP contribution in [0.3, 0.4) is 0 Å². The number of para-hydroxylation sites is 1. The average Bonchev–Trinajstić information content (AvgIpc) is 3.94. The molecule has 14 nitrogen and oxygen atoms in total. The minimum Gasteiger partial charge on any atom is -0.496 e. The van der Waals surface area contributed by atoms with Crippen LogP contribution in [0.5, 0.6) is 5.75 Å². The number of likely N-dealkylation sites (N-methyl/N-ethyl adjacent to an activating group) is 1. The highest BCUT2D eigenvalue weighted by molar-refractivity contribution is 5.95. The van der Waals surface area contributed by atoms with E-state index in [-0.39, 0.29) is 25.1 Å².